The highest BCUT2D eigenvalue weighted by Crippen LogP contribution is 2.03. The van der Waals surface area contributed by atoms with Crippen molar-refractivity contribution in [3.63, 3.8) is 0 Å². The molecule has 9 heavy (non-hydrogen) atoms. The third-order valence-corrected chi connectivity index (χ3v) is 0.741. The Kier molecular flexibility index (Phi) is 2.84. The van der Waals surface area contributed by atoms with Crippen LogP contribution in [0.3, 0.4) is 0 Å². The molecular weight excluding hydrogens is 130 g/mol. The number of carboxylic acids is 1. The van der Waals surface area contributed by atoms with Gasteiger partial charge in [-0.1, -0.05) is 6.08 Å². The molecule has 0 spiro atoms. The van der Waals surface area contributed by atoms with E-state index in [-0.39, 0.29) is 0 Å². The molecule has 0 aliphatic heterocycles. The number of carbonyl (C=O) groups is 1. The standard InChI is InChI=1S/C5H6F2O2/c1-2-3(6)4(7)5(8)9/h2-4H,1H2,(H,8,9). The maximum absolute atomic E-state index is 11.9. The lowest BCUT2D eigenvalue weighted by Crippen LogP contribution is -2.24. The van der Waals surface area contributed by atoms with Crippen LogP contribution in [0.4, 0.5) is 8.78 Å². The predicted octanol–water partition coefficient (Wildman–Crippen LogP) is 0.933. The molecule has 0 saturated heterocycles. The van der Waals surface area contributed by atoms with Gasteiger partial charge in [0.05, 0.1) is 0 Å². The van der Waals surface area contributed by atoms with Crippen molar-refractivity contribution in [1.29, 1.82) is 0 Å². The van der Waals surface area contributed by atoms with Gasteiger partial charge in [-0.15, -0.1) is 6.58 Å². The van der Waals surface area contributed by atoms with E-state index in [0.717, 1.165) is 0 Å². The van der Waals surface area contributed by atoms with Crippen molar-refractivity contribution < 1.29 is 18.7 Å². The molecule has 2 atom stereocenters. The predicted molar refractivity (Wildman–Crippen MR) is 27.6 cm³/mol. The van der Waals surface area contributed by atoms with E-state index < -0.39 is 18.3 Å². The maximum atomic E-state index is 11.9. The van der Waals surface area contributed by atoms with Crippen LogP contribution < -0.4 is 0 Å². The number of aliphatic carboxylic acids is 1. The molecule has 0 aliphatic carbocycles. The first-order valence-electron chi connectivity index (χ1n) is 2.23. The van der Waals surface area contributed by atoms with E-state index in [9.17, 15) is 13.6 Å². The molecule has 0 aromatic rings. The number of rotatable bonds is 3. The van der Waals surface area contributed by atoms with Gasteiger partial charge in [-0.3, -0.25) is 0 Å². The summed E-state index contributed by atoms with van der Waals surface area (Å²) >= 11 is 0. The molecule has 0 aliphatic rings. The fraction of sp³-hybridized carbons (Fsp3) is 0.400. The highest BCUT2D eigenvalue weighted by atomic mass is 19.2. The van der Waals surface area contributed by atoms with Gasteiger partial charge < -0.3 is 5.11 Å². The second-order valence-electron chi connectivity index (χ2n) is 1.42. The molecule has 1 N–H and O–H groups in total. The molecule has 4 heteroatoms. The second-order valence-corrected chi connectivity index (χ2v) is 1.42. The van der Waals surface area contributed by atoms with Crippen molar-refractivity contribution in [3.8, 4) is 0 Å². The Balaban J connectivity index is 3.86. The summed E-state index contributed by atoms with van der Waals surface area (Å²) in [6.07, 6.45) is -3.98. The van der Waals surface area contributed by atoms with Gasteiger partial charge in [0.15, 0.2) is 6.17 Å². The van der Waals surface area contributed by atoms with Crippen LogP contribution in [-0.4, -0.2) is 23.4 Å². The van der Waals surface area contributed by atoms with Crippen molar-refractivity contribution in [2.45, 2.75) is 12.3 Å². The van der Waals surface area contributed by atoms with Crippen LogP contribution in [0.1, 0.15) is 0 Å². The van der Waals surface area contributed by atoms with Gasteiger partial charge in [0.2, 0.25) is 6.17 Å². The Morgan fingerprint density at radius 2 is 2.11 bits per heavy atom. The lowest BCUT2D eigenvalue weighted by atomic mass is 10.2. The number of halogens is 2. The molecule has 2 nitrogen and oxygen atoms in total. The van der Waals surface area contributed by atoms with Crippen molar-refractivity contribution in [2.75, 3.05) is 0 Å². The second kappa shape index (κ2) is 3.17. The molecule has 0 rings (SSSR count). The zero-order valence-electron chi connectivity index (χ0n) is 4.55. The summed E-state index contributed by atoms with van der Waals surface area (Å²) < 4.78 is 23.8. The molecule has 0 heterocycles. The zero-order valence-corrected chi connectivity index (χ0v) is 4.55. The molecule has 2 unspecified atom stereocenters. The highest BCUT2D eigenvalue weighted by molar-refractivity contribution is 5.73. The molecule has 0 radical (unpaired) electrons. The molecule has 0 saturated carbocycles. The van der Waals surface area contributed by atoms with Gasteiger partial charge in [0, 0.05) is 0 Å². The van der Waals surface area contributed by atoms with Crippen LogP contribution in [0.5, 0.6) is 0 Å². The van der Waals surface area contributed by atoms with E-state index in [2.05, 4.69) is 6.58 Å². The van der Waals surface area contributed by atoms with E-state index in [1.165, 1.54) is 0 Å². The smallest absolute Gasteiger partial charge is 0.341 e. The maximum Gasteiger partial charge on any atom is 0.341 e. The van der Waals surface area contributed by atoms with E-state index in [1.807, 2.05) is 0 Å². The first-order chi connectivity index (χ1) is 4.09. The van der Waals surface area contributed by atoms with Crippen molar-refractivity contribution >= 4 is 5.97 Å². The largest absolute Gasteiger partial charge is 0.479 e. The third kappa shape index (κ3) is 2.21. The molecule has 0 bridgehead atoms. The lowest BCUT2D eigenvalue weighted by molar-refractivity contribution is -0.144. The molecule has 0 aromatic carbocycles. The van der Waals surface area contributed by atoms with Crippen LogP contribution in [0.25, 0.3) is 0 Å². The quantitative estimate of drug-likeness (QED) is 0.586. The topological polar surface area (TPSA) is 37.3 Å². The van der Waals surface area contributed by atoms with Crippen molar-refractivity contribution in [1.82, 2.24) is 0 Å². The van der Waals surface area contributed by atoms with E-state index in [0.29, 0.717) is 6.08 Å². The fourth-order valence-corrected chi connectivity index (χ4v) is 0.256. The van der Waals surface area contributed by atoms with Gasteiger partial charge in [-0.2, -0.15) is 0 Å². The minimum absolute atomic E-state index is 0.610. The fourth-order valence-electron chi connectivity index (χ4n) is 0.256. The van der Waals surface area contributed by atoms with E-state index >= 15 is 0 Å². The third-order valence-electron chi connectivity index (χ3n) is 0.741. The summed E-state index contributed by atoms with van der Waals surface area (Å²) in [5, 5.41) is 7.82. The van der Waals surface area contributed by atoms with Crippen molar-refractivity contribution in [3.05, 3.63) is 12.7 Å². The van der Waals surface area contributed by atoms with Crippen LogP contribution in [-0.2, 0) is 4.79 Å². The van der Waals surface area contributed by atoms with E-state index in [1.54, 1.807) is 0 Å². The van der Waals surface area contributed by atoms with Crippen LogP contribution >= 0.6 is 0 Å². The van der Waals surface area contributed by atoms with Gasteiger partial charge in [-0.25, -0.2) is 13.6 Å². The zero-order chi connectivity index (χ0) is 7.44. The summed E-state index contributed by atoms with van der Waals surface area (Å²) in [5.74, 6) is -1.80. The van der Waals surface area contributed by atoms with Gasteiger partial charge in [0.25, 0.3) is 0 Å². The summed E-state index contributed by atoms with van der Waals surface area (Å²) in [6.45, 7) is 2.89. The summed E-state index contributed by atoms with van der Waals surface area (Å²) in [4.78, 5) is 9.64. The Labute approximate surface area is 50.8 Å². The highest BCUT2D eigenvalue weighted by Gasteiger charge is 2.24. The molecular formula is C5H6F2O2. The van der Waals surface area contributed by atoms with Gasteiger partial charge in [-0.05, 0) is 0 Å². The van der Waals surface area contributed by atoms with E-state index in [4.69, 9.17) is 5.11 Å². The van der Waals surface area contributed by atoms with Crippen LogP contribution in [0.15, 0.2) is 12.7 Å². The summed E-state index contributed by atoms with van der Waals surface area (Å²) in [6, 6.07) is 0. The average Bonchev–Trinajstić information content (AvgIpc) is 1.84. The number of alkyl halides is 2. The Bertz CT molecular complexity index is 124. The Hall–Kier alpha value is -0.930. The number of hydrogen-bond donors (Lipinski definition) is 1. The minimum atomic E-state index is -2.48. The monoisotopic (exact) mass is 136 g/mol. The Morgan fingerprint density at radius 3 is 2.22 bits per heavy atom. The molecule has 0 aromatic heterocycles. The minimum Gasteiger partial charge on any atom is -0.479 e. The average molecular weight is 136 g/mol. The molecule has 52 valence electrons. The first-order valence-corrected chi connectivity index (χ1v) is 2.23. The Morgan fingerprint density at radius 1 is 1.67 bits per heavy atom. The SMILES string of the molecule is C=CC(F)C(F)C(=O)O. The number of allylic oxidation sites excluding steroid dienone is 1. The summed E-state index contributed by atoms with van der Waals surface area (Å²) in [5.41, 5.74) is 0. The van der Waals surface area contributed by atoms with Crippen molar-refractivity contribution in [2.24, 2.45) is 0 Å². The molecule has 0 fully saturated rings. The summed E-state index contributed by atoms with van der Waals surface area (Å²) in [7, 11) is 0. The first kappa shape index (κ1) is 8.07. The lowest BCUT2D eigenvalue weighted by Gasteiger charge is -2.01. The number of hydrogen-bond acceptors (Lipinski definition) is 1. The van der Waals surface area contributed by atoms with Gasteiger partial charge >= 0.3 is 5.97 Å². The normalized spacial score (nSPS) is 16.2. The molecule has 0 amide bonds. The van der Waals surface area contributed by atoms with Crippen LogP contribution in [0.2, 0.25) is 0 Å². The van der Waals surface area contributed by atoms with Gasteiger partial charge in [0.1, 0.15) is 0 Å². The van der Waals surface area contributed by atoms with Crippen LogP contribution in [0, 0.1) is 0 Å². The number of carboxylic acid groups (broad SMARTS) is 1.